The van der Waals surface area contributed by atoms with Crippen LogP contribution in [0.5, 0.6) is 0 Å². The Kier molecular flexibility index (Phi) is 10.3. The first kappa shape index (κ1) is 32.7. The minimum Gasteiger partial charge on any atom is -0.486 e. The minimum atomic E-state index is 0. The van der Waals surface area contributed by atoms with Crippen LogP contribution in [0.1, 0.15) is 22.4 Å². The molecule has 8 aromatic rings. The standard InChI is InChI=1S/C31H23N2O.C12H10N.Ir/c1-21-20-32-29(19-28(21)23-11-6-3-7-12-23)27-14-8-13-25-26-18-17-24(33-31(26)34-30(25)27)16-15-22-9-4-2-5-10-22;1-10-7-8-12(13-9-10)11-5-3-2-4-6-11;/h2-13,17-20H,15-16H2,1H3;2-5,7-9H,1H3;/q2*-1;. The Morgan fingerprint density at radius 2 is 1.42 bits per heavy atom. The molecule has 0 amide bonds. The number of hydrogen-bond donors (Lipinski definition) is 0. The van der Waals surface area contributed by atoms with E-state index < -0.39 is 0 Å². The van der Waals surface area contributed by atoms with Gasteiger partial charge in [-0.15, -0.1) is 54.1 Å². The Hall–Kier alpha value is -5.22. The molecule has 4 heterocycles. The van der Waals surface area contributed by atoms with E-state index in [1.54, 1.807) is 0 Å². The largest absolute Gasteiger partial charge is 0.486 e. The summed E-state index contributed by atoms with van der Waals surface area (Å²) in [4.78, 5) is 13.9. The van der Waals surface area contributed by atoms with Crippen LogP contribution >= 0.6 is 0 Å². The van der Waals surface area contributed by atoms with Crippen LogP contribution in [-0.2, 0) is 32.9 Å². The number of benzene rings is 4. The molecule has 0 aliphatic heterocycles. The second kappa shape index (κ2) is 15.1. The van der Waals surface area contributed by atoms with E-state index in [0.29, 0.717) is 5.71 Å². The van der Waals surface area contributed by atoms with Gasteiger partial charge in [0.25, 0.3) is 0 Å². The first-order valence-corrected chi connectivity index (χ1v) is 15.8. The van der Waals surface area contributed by atoms with Crippen LogP contribution in [0.25, 0.3) is 55.7 Å². The molecule has 4 aromatic carbocycles. The molecule has 0 aliphatic carbocycles. The summed E-state index contributed by atoms with van der Waals surface area (Å²) in [5.41, 5.74) is 12.2. The van der Waals surface area contributed by atoms with Crippen molar-refractivity contribution < 1.29 is 24.5 Å². The van der Waals surface area contributed by atoms with Crippen molar-refractivity contribution in [2.24, 2.45) is 0 Å². The maximum absolute atomic E-state index is 6.32. The Morgan fingerprint density at radius 1 is 0.646 bits per heavy atom. The second-order valence-corrected chi connectivity index (χ2v) is 11.6. The molecule has 0 N–H and O–H groups in total. The predicted octanol–water partition coefficient (Wildman–Crippen LogP) is 10.5. The predicted molar refractivity (Wildman–Crippen MR) is 191 cm³/mol. The van der Waals surface area contributed by atoms with Crippen molar-refractivity contribution >= 4 is 22.1 Å². The van der Waals surface area contributed by atoms with E-state index in [9.17, 15) is 0 Å². The van der Waals surface area contributed by atoms with Gasteiger partial charge in [-0.05, 0) is 78.0 Å². The van der Waals surface area contributed by atoms with Crippen LogP contribution in [0.3, 0.4) is 0 Å². The van der Waals surface area contributed by atoms with Gasteiger partial charge >= 0.3 is 0 Å². The fourth-order valence-electron chi connectivity index (χ4n) is 5.68. The molecule has 4 nitrogen and oxygen atoms in total. The normalized spacial score (nSPS) is 10.7. The van der Waals surface area contributed by atoms with Crippen molar-refractivity contribution in [3.05, 3.63) is 174 Å². The summed E-state index contributed by atoms with van der Waals surface area (Å²) in [5, 5.41) is 2.05. The number of fused-ring (bicyclic) bond motifs is 3. The third-order valence-electron chi connectivity index (χ3n) is 8.21. The van der Waals surface area contributed by atoms with Crippen LogP contribution < -0.4 is 0 Å². The second-order valence-electron chi connectivity index (χ2n) is 11.6. The molecule has 0 saturated carbocycles. The molecule has 48 heavy (non-hydrogen) atoms. The summed E-state index contributed by atoms with van der Waals surface area (Å²) >= 11 is 0. The molecule has 4 aromatic heterocycles. The van der Waals surface area contributed by atoms with Gasteiger partial charge in [0.15, 0.2) is 0 Å². The van der Waals surface area contributed by atoms with Crippen molar-refractivity contribution in [3.8, 4) is 33.6 Å². The molecule has 1 radical (unpaired) electrons. The monoisotopic (exact) mass is 800 g/mol. The van der Waals surface area contributed by atoms with Crippen molar-refractivity contribution in [1.82, 2.24) is 15.0 Å². The zero-order chi connectivity index (χ0) is 32.0. The Balaban J connectivity index is 0.000000241. The van der Waals surface area contributed by atoms with Crippen LogP contribution in [0.15, 0.2) is 144 Å². The van der Waals surface area contributed by atoms with Crippen molar-refractivity contribution in [3.63, 3.8) is 0 Å². The van der Waals surface area contributed by atoms with Crippen molar-refractivity contribution in [2.75, 3.05) is 0 Å². The van der Waals surface area contributed by atoms with Gasteiger partial charge in [-0.25, -0.2) is 4.98 Å². The van der Waals surface area contributed by atoms with Gasteiger partial charge in [-0.3, -0.25) is 0 Å². The average molecular weight is 800 g/mol. The molecule has 0 fully saturated rings. The van der Waals surface area contributed by atoms with E-state index >= 15 is 0 Å². The molecular formula is C43H33IrN3O-2. The summed E-state index contributed by atoms with van der Waals surface area (Å²) in [7, 11) is 0. The zero-order valence-corrected chi connectivity index (χ0v) is 29.2. The molecule has 0 atom stereocenters. The van der Waals surface area contributed by atoms with E-state index in [1.165, 1.54) is 16.7 Å². The summed E-state index contributed by atoms with van der Waals surface area (Å²) in [6.45, 7) is 4.12. The average Bonchev–Trinajstić information content (AvgIpc) is 3.51. The number of aromatic nitrogens is 3. The summed E-state index contributed by atoms with van der Waals surface area (Å²) in [6, 6.07) is 49.7. The van der Waals surface area contributed by atoms with Crippen LogP contribution in [-0.4, -0.2) is 15.0 Å². The number of hydrogen-bond acceptors (Lipinski definition) is 4. The molecular weight excluding hydrogens is 767 g/mol. The summed E-state index contributed by atoms with van der Waals surface area (Å²) < 4.78 is 6.32. The Bertz CT molecular complexity index is 2250. The minimum absolute atomic E-state index is 0. The maximum Gasteiger partial charge on any atom is 0.216 e. The third-order valence-corrected chi connectivity index (χ3v) is 8.21. The molecule has 0 bridgehead atoms. The summed E-state index contributed by atoms with van der Waals surface area (Å²) in [6.07, 6.45) is 5.62. The van der Waals surface area contributed by atoms with Gasteiger partial charge in [0.1, 0.15) is 0 Å². The molecule has 0 unspecified atom stereocenters. The first-order chi connectivity index (χ1) is 23.1. The van der Waals surface area contributed by atoms with E-state index in [-0.39, 0.29) is 20.1 Å². The quantitative estimate of drug-likeness (QED) is 0.157. The SMILES string of the molecule is Cc1ccc(-c2[c-]cccc2)nc1.Cc1cnc(-c2[c-]ccc3c2oc2nc(CCc4ccccc4)ccc23)cc1-c1ccccc1.[Ir]. The van der Waals surface area contributed by atoms with Gasteiger partial charge in [-0.1, -0.05) is 89.8 Å². The first-order valence-electron chi connectivity index (χ1n) is 15.8. The number of aryl methyl sites for hydroxylation is 4. The van der Waals surface area contributed by atoms with E-state index in [2.05, 4.69) is 96.8 Å². The van der Waals surface area contributed by atoms with Crippen molar-refractivity contribution in [2.45, 2.75) is 26.7 Å². The maximum atomic E-state index is 6.32. The van der Waals surface area contributed by atoms with Crippen LogP contribution in [0.4, 0.5) is 0 Å². The van der Waals surface area contributed by atoms with Gasteiger partial charge < -0.3 is 14.4 Å². The van der Waals surface area contributed by atoms with E-state index in [1.807, 2.05) is 73.9 Å². The molecule has 0 saturated heterocycles. The van der Waals surface area contributed by atoms with Crippen LogP contribution in [0.2, 0.25) is 0 Å². The Labute approximate surface area is 294 Å². The van der Waals surface area contributed by atoms with E-state index in [0.717, 1.165) is 68.5 Å². The molecule has 8 rings (SSSR count). The number of pyridine rings is 3. The van der Waals surface area contributed by atoms with E-state index in [4.69, 9.17) is 14.4 Å². The molecule has 0 aliphatic rings. The topological polar surface area (TPSA) is 51.8 Å². The zero-order valence-electron chi connectivity index (χ0n) is 26.8. The molecule has 5 heteroatoms. The van der Waals surface area contributed by atoms with Gasteiger partial charge in [0, 0.05) is 43.6 Å². The number of furan rings is 1. The molecule has 237 valence electrons. The van der Waals surface area contributed by atoms with Gasteiger partial charge in [0.2, 0.25) is 5.71 Å². The number of nitrogens with zero attached hydrogens (tertiary/aromatic N) is 3. The molecule has 0 spiro atoms. The van der Waals surface area contributed by atoms with Crippen molar-refractivity contribution in [1.29, 1.82) is 0 Å². The van der Waals surface area contributed by atoms with Crippen LogP contribution in [0, 0.1) is 26.0 Å². The summed E-state index contributed by atoms with van der Waals surface area (Å²) in [5.74, 6) is 0. The Morgan fingerprint density at radius 3 is 2.17 bits per heavy atom. The third kappa shape index (κ3) is 7.34. The van der Waals surface area contributed by atoms with Gasteiger partial charge in [-0.2, -0.15) is 0 Å². The van der Waals surface area contributed by atoms with Gasteiger partial charge in [0.05, 0.1) is 5.58 Å². The fourth-order valence-corrected chi connectivity index (χ4v) is 5.68. The smallest absolute Gasteiger partial charge is 0.216 e. The number of rotatable bonds is 6. The fraction of sp³-hybridized carbons (Fsp3) is 0.0930.